The van der Waals surface area contributed by atoms with E-state index in [1.807, 2.05) is 30.5 Å². The van der Waals surface area contributed by atoms with Crippen molar-refractivity contribution in [1.82, 2.24) is 15.2 Å². The molecule has 0 aliphatic rings. The molecule has 8 heteroatoms. The van der Waals surface area contributed by atoms with Crippen LogP contribution in [0.3, 0.4) is 0 Å². The van der Waals surface area contributed by atoms with Gasteiger partial charge in [-0.1, -0.05) is 17.8 Å². The van der Waals surface area contributed by atoms with E-state index in [0.29, 0.717) is 11.3 Å². The summed E-state index contributed by atoms with van der Waals surface area (Å²) in [6, 6.07) is 15.0. The number of Topliss-reactive ketones (excluding diaryl/α,β-unsaturated/α-hetero) is 1. The average molecular weight is 440 g/mol. The first-order chi connectivity index (χ1) is 14.1. The Morgan fingerprint density at radius 2 is 1.93 bits per heavy atom. The largest absolute Gasteiger partial charge is 0.497 e. The molecule has 0 unspecified atom stereocenters. The Bertz CT molecular complexity index is 1110. The van der Waals surface area contributed by atoms with Gasteiger partial charge >= 0.3 is 0 Å². The molecular weight excluding hydrogens is 422 g/mol. The average Bonchev–Trinajstić information content (AvgIpc) is 3.42. The minimum absolute atomic E-state index is 0.0439. The van der Waals surface area contributed by atoms with Gasteiger partial charge in [0, 0.05) is 5.56 Å². The number of benzene rings is 1. The number of ketones is 1. The number of hydrogen-bond donors (Lipinski definition) is 0. The van der Waals surface area contributed by atoms with Crippen LogP contribution in [-0.2, 0) is 0 Å². The fourth-order valence-electron chi connectivity index (χ4n) is 2.66. The summed E-state index contributed by atoms with van der Waals surface area (Å²) >= 11 is 4.67. The van der Waals surface area contributed by atoms with Gasteiger partial charge in [-0.05, 0) is 54.8 Å². The lowest BCUT2D eigenvalue weighted by Crippen LogP contribution is -2.02. The van der Waals surface area contributed by atoms with Crippen LogP contribution in [0.25, 0.3) is 20.5 Å². The lowest BCUT2D eigenvalue weighted by atomic mass is 10.1. The smallest absolute Gasteiger partial charge is 0.173 e. The van der Waals surface area contributed by atoms with Crippen LogP contribution in [0.4, 0.5) is 0 Å². The number of nitrogens with zero attached hydrogens (tertiary/aromatic N) is 3. The van der Waals surface area contributed by atoms with Crippen LogP contribution in [0.1, 0.15) is 16.1 Å². The molecule has 0 radical (unpaired) electrons. The van der Waals surface area contributed by atoms with Crippen molar-refractivity contribution >= 4 is 40.2 Å². The van der Waals surface area contributed by atoms with Crippen LogP contribution in [0.2, 0.25) is 0 Å². The molecule has 0 atom stereocenters. The number of thiazole rings is 1. The van der Waals surface area contributed by atoms with Crippen molar-refractivity contribution in [3.8, 4) is 26.2 Å². The topological polar surface area (TPSA) is 65.0 Å². The van der Waals surface area contributed by atoms with Crippen molar-refractivity contribution in [2.45, 2.75) is 11.9 Å². The Kier molecular flexibility index (Phi) is 6.03. The van der Waals surface area contributed by atoms with E-state index < -0.39 is 0 Å². The quantitative estimate of drug-likeness (QED) is 0.275. The summed E-state index contributed by atoms with van der Waals surface area (Å²) in [6.45, 7) is 1.99. The van der Waals surface area contributed by atoms with Crippen molar-refractivity contribution in [3.05, 3.63) is 65.2 Å². The number of carbonyl (C=O) groups excluding carboxylic acids is 1. The summed E-state index contributed by atoms with van der Waals surface area (Å²) in [6.07, 6.45) is 0. The molecule has 0 saturated carbocycles. The third-order valence-corrected chi connectivity index (χ3v) is 7.30. The zero-order chi connectivity index (χ0) is 20.2. The summed E-state index contributed by atoms with van der Waals surface area (Å²) < 4.78 is 5.12. The standard InChI is InChI=1S/C21H17N3O2S3/c1-13-20(29-21(22-13)18-4-3-11-27-18)16-9-10-19(24-23-16)28-12-17(25)14-5-7-15(26-2)8-6-14/h3-11H,12H2,1-2H3. The van der Waals surface area contributed by atoms with E-state index >= 15 is 0 Å². The monoisotopic (exact) mass is 439 g/mol. The highest BCUT2D eigenvalue weighted by Crippen LogP contribution is 2.36. The maximum absolute atomic E-state index is 12.4. The van der Waals surface area contributed by atoms with Crippen molar-refractivity contribution < 1.29 is 9.53 Å². The molecule has 3 aromatic heterocycles. The first-order valence-electron chi connectivity index (χ1n) is 8.79. The van der Waals surface area contributed by atoms with E-state index in [-0.39, 0.29) is 5.78 Å². The minimum atomic E-state index is 0.0439. The van der Waals surface area contributed by atoms with Crippen molar-refractivity contribution in [3.63, 3.8) is 0 Å². The summed E-state index contributed by atoms with van der Waals surface area (Å²) in [5.74, 6) is 1.08. The number of carbonyl (C=O) groups is 1. The first-order valence-corrected chi connectivity index (χ1v) is 11.5. The summed E-state index contributed by atoms with van der Waals surface area (Å²) in [5.41, 5.74) is 2.40. The summed E-state index contributed by atoms with van der Waals surface area (Å²) in [4.78, 5) is 19.2. The number of aryl methyl sites for hydroxylation is 1. The van der Waals surface area contributed by atoms with E-state index in [9.17, 15) is 4.79 Å². The van der Waals surface area contributed by atoms with Gasteiger partial charge in [0.15, 0.2) is 5.78 Å². The van der Waals surface area contributed by atoms with Crippen LogP contribution >= 0.6 is 34.4 Å². The Labute approximate surface area is 180 Å². The zero-order valence-electron chi connectivity index (χ0n) is 15.8. The van der Waals surface area contributed by atoms with Crippen LogP contribution in [-0.4, -0.2) is 33.8 Å². The molecule has 146 valence electrons. The second-order valence-electron chi connectivity index (χ2n) is 6.11. The number of hydrogen-bond acceptors (Lipinski definition) is 8. The van der Waals surface area contributed by atoms with Gasteiger partial charge in [-0.25, -0.2) is 4.98 Å². The molecule has 0 aliphatic heterocycles. The molecule has 4 aromatic rings. The van der Waals surface area contributed by atoms with Crippen LogP contribution in [0, 0.1) is 6.92 Å². The molecule has 0 aliphatic carbocycles. The van der Waals surface area contributed by atoms with Gasteiger partial charge in [0.25, 0.3) is 0 Å². The zero-order valence-corrected chi connectivity index (χ0v) is 18.2. The predicted molar refractivity (Wildman–Crippen MR) is 119 cm³/mol. The van der Waals surface area contributed by atoms with E-state index in [2.05, 4.69) is 21.2 Å². The normalized spacial score (nSPS) is 10.8. The second kappa shape index (κ2) is 8.86. The number of methoxy groups -OCH3 is 1. The number of thiophene rings is 1. The molecule has 4 rings (SSSR count). The number of ether oxygens (including phenoxy) is 1. The van der Waals surface area contributed by atoms with E-state index in [0.717, 1.165) is 36.9 Å². The molecule has 1 aromatic carbocycles. The molecule has 0 bridgehead atoms. The fraction of sp³-hybridized carbons (Fsp3) is 0.143. The number of aromatic nitrogens is 3. The predicted octanol–water partition coefficient (Wildman–Crippen LogP) is 5.62. The maximum atomic E-state index is 12.4. The highest BCUT2D eigenvalue weighted by atomic mass is 32.2. The maximum Gasteiger partial charge on any atom is 0.173 e. The van der Waals surface area contributed by atoms with Crippen LogP contribution in [0.15, 0.2) is 58.9 Å². The van der Waals surface area contributed by atoms with Gasteiger partial charge in [0.2, 0.25) is 0 Å². The van der Waals surface area contributed by atoms with E-state index in [1.54, 1.807) is 54.0 Å². The SMILES string of the molecule is COc1ccc(C(=O)CSc2ccc(-c3sc(-c4cccs4)nc3C)nn2)cc1. The summed E-state index contributed by atoms with van der Waals surface area (Å²) in [5, 5.41) is 12.4. The van der Waals surface area contributed by atoms with Gasteiger partial charge in [-0.3, -0.25) is 4.79 Å². The van der Waals surface area contributed by atoms with Crippen LogP contribution < -0.4 is 4.74 Å². The molecule has 5 nitrogen and oxygen atoms in total. The highest BCUT2D eigenvalue weighted by molar-refractivity contribution is 7.99. The molecule has 0 spiro atoms. The van der Waals surface area contributed by atoms with E-state index in [1.165, 1.54) is 11.8 Å². The van der Waals surface area contributed by atoms with Gasteiger partial charge in [0.05, 0.1) is 28.3 Å². The Morgan fingerprint density at radius 1 is 1.10 bits per heavy atom. The van der Waals surface area contributed by atoms with Crippen molar-refractivity contribution in [2.75, 3.05) is 12.9 Å². The molecule has 0 N–H and O–H groups in total. The second-order valence-corrected chi connectivity index (χ2v) is 9.05. The van der Waals surface area contributed by atoms with E-state index in [4.69, 9.17) is 4.74 Å². The number of rotatable bonds is 7. The molecule has 0 saturated heterocycles. The Hall–Kier alpha value is -2.55. The highest BCUT2D eigenvalue weighted by Gasteiger charge is 2.14. The lowest BCUT2D eigenvalue weighted by Gasteiger charge is -2.03. The molecule has 29 heavy (non-hydrogen) atoms. The molecule has 0 amide bonds. The van der Waals surface area contributed by atoms with Gasteiger partial charge in [-0.15, -0.1) is 32.9 Å². The van der Waals surface area contributed by atoms with Gasteiger partial charge in [-0.2, -0.15) is 0 Å². The first kappa shape index (κ1) is 19.8. The Balaban J connectivity index is 1.42. The van der Waals surface area contributed by atoms with Crippen LogP contribution in [0.5, 0.6) is 5.75 Å². The van der Waals surface area contributed by atoms with Crippen molar-refractivity contribution in [2.24, 2.45) is 0 Å². The van der Waals surface area contributed by atoms with Gasteiger partial charge < -0.3 is 4.74 Å². The summed E-state index contributed by atoms with van der Waals surface area (Å²) in [7, 11) is 1.60. The fourth-order valence-corrected chi connectivity index (χ4v) is 5.19. The third kappa shape index (κ3) is 4.55. The van der Waals surface area contributed by atoms with Gasteiger partial charge in [0.1, 0.15) is 21.5 Å². The Morgan fingerprint density at radius 3 is 2.59 bits per heavy atom. The third-order valence-electron chi connectivity index (χ3n) is 4.16. The molecule has 3 heterocycles. The molecule has 0 fully saturated rings. The minimum Gasteiger partial charge on any atom is -0.497 e. The lowest BCUT2D eigenvalue weighted by molar-refractivity contribution is 0.102. The van der Waals surface area contributed by atoms with Crippen molar-refractivity contribution in [1.29, 1.82) is 0 Å². The molecular formula is C21H17N3O2S3. The number of thioether (sulfide) groups is 1.